The van der Waals surface area contributed by atoms with Gasteiger partial charge in [-0.2, -0.15) is 0 Å². The third-order valence-corrected chi connectivity index (χ3v) is 3.84. The molecule has 0 saturated heterocycles. The highest BCUT2D eigenvalue weighted by atomic mass is 19.1. The van der Waals surface area contributed by atoms with Crippen molar-refractivity contribution >= 4 is 5.57 Å². The Balaban J connectivity index is 2.14. The number of allylic oxidation sites excluding steroid dienone is 2. The van der Waals surface area contributed by atoms with Gasteiger partial charge >= 0.3 is 0 Å². The molecule has 1 aliphatic heterocycles. The van der Waals surface area contributed by atoms with Crippen molar-refractivity contribution in [3.63, 3.8) is 0 Å². The van der Waals surface area contributed by atoms with Crippen LogP contribution in [0.15, 0.2) is 47.8 Å². The first-order valence-electron chi connectivity index (χ1n) is 6.89. The van der Waals surface area contributed by atoms with Crippen LogP contribution in [0.25, 0.3) is 5.57 Å². The second-order valence-corrected chi connectivity index (χ2v) is 5.33. The Kier molecular flexibility index (Phi) is 4.38. The minimum atomic E-state index is -0.244. The minimum absolute atomic E-state index is 0.244. The molecule has 2 rings (SSSR count). The van der Waals surface area contributed by atoms with Crippen LogP contribution in [-0.4, -0.2) is 23.0 Å². The van der Waals surface area contributed by atoms with E-state index in [9.17, 15) is 4.39 Å². The van der Waals surface area contributed by atoms with Gasteiger partial charge in [0, 0.05) is 25.0 Å². The van der Waals surface area contributed by atoms with E-state index in [-0.39, 0.29) is 5.82 Å². The van der Waals surface area contributed by atoms with Crippen LogP contribution in [-0.2, 0) is 0 Å². The second kappa shape index (κ2) is 6.04. The summed E-state index contributed by atoms with van der Waals surface area (Å²) in [5, 5.41) is 0. The number of pyridine rings is 1. The van der Waals surface area contributed by atoms with Gasteiger partial charge in [-0.05, 0) is 50.5 Å². The topological polar surface area (TPSA) is 16.1 Å². The monoisotopic (exact) mass is 272 g/mol. The van der Waals surface area contributed by atoms with E-state index in [0.717, 1.165) is 30.8 Å². The first kappa shape index (κ1) is 14.5. The molecule has 0 saturated carbocycles. The number of aromatic nitrogens is 1. The lowest BCUT2D eigenvalue weighted by Gasteiger charge is -2.30. The molecule has 0 aliphatic carbocycles. The maximum absolute atomic E-state index is 13.7. The summed E-state index contributed by atoms with van der Waals surface area (Å²) in [5.41, 5.74) is 5.03. The van der Waals surface area contributed by atoms with E-state index in [0.29, 0.717) is 5.69 Å². The zero-order chi connectivity index (χ0) is 14.7. The van der Waals surface area contributed by atoms with Gasteiger partial charge in [-0.3, -0.25) is 4.98 Å². The normalized spacial score (nSPS) is 14.8. The first-order chi connectivity index (χ1) is 9.50. The van der Waals surface area contributed by atoms with Gasteiger partial charge in [0.05, 0.1) is 0 Å². The van der Waals surface area contributed by atoms with Crippen LogP contribution in [0.4, 0.5) is 4.39 Å². The molecule has 0 unspecified atom stereocenters. The van der Waals surface area contributed by atoms with E-state index in [4.69, 9.17) is 0 Å². The van der Waals surface area contributed by atoms with Crippen LogP contribution in [0.2, 0.25) is 0 Å². The summed E-state index contributed by atoms with van der Waals surface area (Å²) in [4.78, 5) is 6.37. The predicted octanol–water partition coefficient (Wildman–Crippen LogP) is 4.18. The third kappa shape index (κ3) is 2.98. The molecule has 1 aliphatic rings. The Labute approximate surface area is 120 Å². The van der Waals surface area contributed by atoms with Crippen LogP contribution >= 0.6 is 0 Å². The fourth-order valence-electron chi connectivity index (χ4n) is 2.28. The van der Waals surface area contributed by atoms with Gasteiger partial charge in [-0.25, -0.2) is 4.39 Å². The summed E-state index contributed by atoms with van der Waals surface area (Å²) in [7, 11) is 0. The third-order valence-electron chi connectivity index (χ3n) is 3.84. The Hall–Kier alpha value is -1.90. The number of halogens is 1. The van der Waals surface area contributed by atoms with Gasteiger partial charge in [0.2, 0.25) is 0 Å². The van der Waals surface area contributed by atoms with E-state index < -0.39 is 0 Å². The number of hydrogen-bond acceptors (Lipinski definition) is 2. The molecule has 0 spiro atoms. The molecule has 0 N–H and O–H groups in total. The highest BCUT2D eigenvalue weighted by Gasteiger charge is 2.17. The average Bonchev–Trinajstić information content (AvgIpc) is 2.46. The van der Waals surface area contributed by atoms with Gasteiger partial charge < -0.3 is 4.90 Å². The molecule has 0 amide bonds. The van der Waals surface area contributed by atoms with E-state index in [1.54, 1.807) is 12.3 Å². The molecule has 0 aromatic carbocycles. The number of hydrogen-bond donors (Lipinski definition) is 0. The Morgan fingerprint density at radius 3 is 2.65 bits per heavy atom. The molecule has 1 aromatic heterocycles. The Bertz CT molecular complexity index is 580. The van der Waals surface area contributed by atoms with Crippen molar-refractivity contribution in [1.29, 1.82) is 0 Å². The van der Waals surface area contributed by atoms with Crippen LogP contribution in [0.5, 0.6) is 0 Å². The summed E-state index contributed by atoms with van der Waals surface area (Å²) in [5.74, 6) is -0.244. The molecule has 2 nitrogen and oxygen atoms in total. The maximum atomic E-state index is 13.7. The molecular formula is C17H21FN2. The lowest BCUT2D eigenvalue weighted by Crippen LogP contribution is -2.28. The predicted molar refractivity (Wildman–Crippen MR) is 81.6 cm³/mol. The SMILES string of the molecule is C=C(C(C)=C(C)C)N1CC=C(c2ncccc2F)CC1. The molecule has 106 valence electrons. The number of rotatable bonds is 3. The van der Waals surface area contributed by atoms with Crippen molar-refractivity contribution in [2.75, 3.05) is 13.1 Å². The largest absolute Gasteiger partial charge is 0.368 e. The van der Waals surface area contributed by atoms with Crippen LogP contribution in [0.3, 0.4) is 0 Å². The van der Waals surface area contributed by atoms with Crippen molar-refractivity contribution in [1.82, 2.24) is 9.88 Å². The van der Waals surface area contributed by atoms with Gasteiger partial charge in [-0.15, -0.1) is 0 Å². The fourth-order valence-corrected chi connectivity index (χ4v) is 2.28. The standard InChI is InChI=1S/C17H21FN2/c1-12(2)13(3)14(4)20-10-7-15(8-11-20)17-16(18)6-5-9-19-17/h5-7,9H,4,8,10-11H2,1-3H3. The maximum Gasteiger partial charge on any atom is 0.149 e. The molecular weight excluding hydrogens is 251 g/mol. The fraction of sp³-hybridized carbons (Fsp3) is 0.353. The lowest BCUT2D eigenvalue weighted by atomic mass is 10.0. The van der Waals surface area contributed by atoms with Crippen LogP contribution in [0.1, 0.15) is 32.9 Å². The molecule has 0 bridgehead atoms. The van der Waals surface area contributed by atoms with Crippen molar-refractivity contribution in [3.8, 4) is 0 Å². The number of nitrogens with zero attached hydrogens (tertiary/aromatic N) is 2. The minimum Gasteiger partial charge on any atom is -0.368 e. The zero-order valence-electron chi connectivity index (χ0n) is 12.4. The molecule has 0 atom stereocenters. The second-order valence-electron chi connectivity index (χ2n) is 5.33. The van der Waals surface area contributed by atoms with Crippen molar-refractivity contribution in [2.24, 2.45) is 0 Å². The van der Waals surface area contributed by atoms with E-state index in [1.165, 1.54) is 17.2 Å². The van der Waals surface area contributed by atoms with E-state index in [2.05, 4.69) is 43.3 Å². The Morgan fingerprint density at radius 2 is 2.10 bits per heavy atom. The Morgan fingerprint density at radius 1 is 1.35 bits per heavy atom. The first-order valence-corrected chi connectivity index (χ1v) is 6.89. The van der Waals surface area contributed by atoms with Crippen LogP contribution < -0.4 is 0 Å². The lowest BCUT2D eigenvalue weighted by molar-refractivity contribution is 0.385. The summed E-state index contributed by atoms with van der Waals surface area (Å²) >= 11 is 0. The van der Waals surface area contributed by atoms with Crippen molar-refractivity contribution in [3.05, 3.63) is 59.3 Å². The zero-order valence-corrected chi connectivity index (χ0v) is 12.4. The summed E-state index contributed by atoms with van der Waals surface area (Å²) < 4.78 is 13.7. The highest BCUT2D eigenvalue weighted by molar-refractivity contribution is 5.64. The molecule has 0 radical (unpaired) electrons. The molecule has 2 heterocycles. The van der Waals surface area contributed by atoms with Crippen molar-refractivity contribution in [2.45, 2.75) is 27.2 Å². The van der Waals surface area contributed by atoms with Gasteiger partial charge in [0.15, 0.2) is 0 Å². The smallest absolute Gasteiger partial charge is 0.149 e. The summed E-state index contributed by atoms with van der Waals surface area (Å²) in [6.45, 7) is 12.1. The molecule has 1 aromatic rings. The van der Waals surface area contributed by atoms with E-state index in [1.807, 2.05) is 0 Å². The summed E-state index contributed by atoms with van der Waals surface area (Å²) in [6.07, 6.45) is 4.49. The molecule has 0 fully saturated rings. The average molecular weight is 272 g/mol. The van der Waals surface area contributed by atoms with Crippen LogP contribution in [0, 0.1) is 5.82 Å². The van der Waals surface area contributed by atoms with E-state index >= 15 is 0 Å². The van der Waals surface area contributed by atoms with Gasteiger partial charge in [-0.1, -0.05) is 18.2 Å². The van der Waals surface area contributed by atoms with Gasteiger partial charge in [0.1, 0.15) is 11.5 Å². The summed E-state index contributed by atoms with van der Waals surface area (Å²) in [6, 6.07) is 3.08. The molecule has 3 heteroatoms. The van der Waals surface area contributed by atoms with Crippen molar-refractivity contribution < 1.29 is 4.39 Å². The highest BCUT2D eigenvalue weighted by Crippen LogP contribution is 2.26. The quantitative estimate of drug-likeness (QED) is 0.767. The van der Waals surface area contributed by atoms with Gasteiger partial charge in [0.25, 0.3) is 0 Å². The molecule has 20 heavy (non-hydrogen) atoms.